The zero-order valence-corrected chi connectivity index (χ0v) is 18.8. The Morgan fingerprint density at radius 3 is 2.18 bits per heavy atom. The van der Waals surface area contributed by atoms with E-state index in [1.54, 1.807) is 0 Å². The number of benzene rings is 2. The van der Waals surface area contributed by atoms with Crippen molar-refractivity contribution in [2.24, 2.45) is 11.8 Å². The molecule has 1 fully saturated rings. The van der Waals surface area contributed by atoms with E-state index in [1.807, 2.05) is 31.2 Å². The molecular weight excluding hydrogens is 420 g/mol. The lowest BCUT2D eigenvalue weighted by Gasteiger charge is -2.20. The first-order chi connectivity index (χ1) is 16.0. The predicted octanol–water partition coefficient (Wildman–Crippen LogP) is 3.92. The van der Waals surface area contributed by atoms with Crippen molar-refractivity contribution in [3.05, 3.63) is 59.7 Å². The number of alkyl carbamates (subject to hydrolysis) is 1. The smallest absolute Gasteiger partial charge is 0.407 e. The van der Waals surface area contributed by atoms with Gasteiger partial charge in [0.25, 0.3) is 0 Å². The summed E-state index contributed by atoms with van der Waals surface area (Å²) in [7, 11) is 0. The molecular formula is C26H30N2O5. The minimum absolute atomic E-state index is 0.0432. The zero-order valence-electron chi connectivity index (χ0n) is 18.8. The molecule has 2 amide bonds. The standard InChI is InChI=1S/C26H30N2O5/c1-2-23(25(31)27-14-17(13-24(29)30)16-11-12-16)28-26(32)33-15-22-20-9-5-3-7-18(20)19-8-4-6-10-21(19)22/h3-10,16-17,22-23H,2,11-15H2,1H3,(H,27,31)(H,28,32)(H,29,30)/t17?,23-/m0/s1. The SMILES string of the molecule is CC[C@H](NC(=O)OCC1c2ccccc2-c2ccccc21)C(=O)NCC(CC(=O)O)C1CC1. The van der Waals surface area contributed by atoms with E-state index in [1.165, 1.54) is 0 Å². The lowest BCUT2D eigenvalue weighted by molar-refractivity contribution is -0.138. The molecule has 2 aromatic carbocycles. The van der Waals surface area contributed by atoms with Crippen LogP contribution < -0.4 is 10.6 Å². The normalized spacial score (nSPS) is 16.3. The molecule has 7 nitrogen and oxygen atoms in total. The number of carbonyl (C=O) groups is 3. The summed E-state index contributed by atoms with van der Waals surface area (Å²) in [5.74, 6) is -0.936. The van der Waals surface area contributed by atoms with Gasteiger partial charge in [-0.1, -0.05) is 55.5 Å². The quantitative estimate of drug-likeness (QED) is 0.509. The number of aliphatic carboxylic acids is 1. The van der Waals surface area contributed by atoms with Crippen LogP contribution in [0.4, 0.5) is 4.79 Å². The molecule has 3 N–H and O–H groups in total. The second-order valence-electron chi connectivity index (χ2n) is 8.87. The Morgan fingerprint density at radius 1 is 1.03 bits per heavy atom. The van der Waals surface area contributed by atoms with Crippen molar-refractivity contribution in [3.63, 3.8) is 0 Å². The fourth-order valence-corrected chi connectivity index (χ4v) is 4.69. The summed E-state index contributed by atoms with van der Waals surface area (Å²) in [6, 6.07) is 15.5. The second kappa shape index (κ2) is 10.1. The summed E-state index contributed by atoms with van der Waals surface area (Å²) < 4.78 is 5.54. The Labute approximate surface area is 193 Å². The Balaban J connectivity index is 1.31. The summed E-state index contributed by atoms with van der Waals surface area (Å²) >= 11 is 0. The van der Waals surface area contributed by atoms with E-state index >= 15 is 0 Å². The molecule has 1 unspecified atom stereocenters. The van der Waals surface area contributed by atoms with Gasteiger partial charge in [0.15, 0.2) is 0 Å². The minimum Gasteiger partial charge on any atom is -0.481 e. The van der Waals surface area contributed by atoms with Crippen molar-refractivity contribution in [1.29, 1.82) is 0 Å². The average molecular weight is 451 g/mol. The predicted molar refractivity (Wildman–Crippen MR) is 124 cm³/mol. The Morgan fingerprint density at radius 2 is 1.64 bits per heavy atom. The maximum Gasteiger partial charge on any atom is 0.407 e. The molecule has 7 heteroatoms. The molecule has 2 aliphatic carbocycles. The van der Waals surface area contributed by atoms with Gasteiger partial charge in [0.2, 0.25) is 5.91 Å². The summed E-state index contributed by atoms with van der Waals surface area (Å²) in [5, 5.41) is 14.6. The van der Waals surface area contributed by atoms with Gasteiger partial charge >= 0.3 is 12.1 Å². The lowest BCUT2D eigenvalue weighted by Crippen LogP contribution is -2.48. The number of nitrogens with one attached hydrogen (secondary N) is 2. The van der Waals surface area contributed by atoms with E-state index in [-0.39, 0.29) is 30.8 Å². The number of rotatable bonds is 10. The molecule has 0 saturated heterocycles. The highest BCUT2D eigenvalue weighted by Gasteiger charge is 2.33. The molecule has 0 aliphatic heterocycles. The first-order valence-electron chi connectivity index (χ1n) is 11.6. The molecule has 33 heavy (non-hydrogen) atoms. The van der Waals surface area contributed by atoms with Crippen LogP contribution in [-0.2, 0) is 14.3 Å². The van der Waals surface area contributed by atoms with E-state index in [9.17, 15) is 14.4 Å². The van der Waals surface area contributed by atoms with Crippen LogP contribution in [0.2, 0.25) is 0 Å². The fourth-order valence-electron chi connectivity index (χ4n) is 4.69. The number of fused-ring (bicyclic) bond motifs is 3. The maximum atomic E-state index is 12.6. The van der Waals surface area contributed by atoms with Gasteiger partial charge in [-0.2, -0.15) is 0 Å². The van der Waals surface area contributed by atoms with Crippen molar-refractivity contribution in [1.82, 2.24) is 10.6 Å². The average Bonchev–Trinajstić information content (AvgIpc) is 3.61. The van der Waals surface area contributed by atoms with Gasteiger partial charge < -0.3 is 20.5 Å². The number of carboxylic acid groups (broad SMARTS) is 1. The molecule has 0 radical (unpaired) electrons. The van der Waals surface area contributed by atoms with Gasteiger partial charge in [-0.3, -0.25) is 9.59 Å². The molecule has 0 heterocycles. The van der Waals surface area contributed by atoms with Crippen LogP contribution in [0, 0.1) is 11.8 Å². The van der Waals surface area contributed by atoms with E-state index in [0.29, 0.717) is 18.9 Å². The molecule has 4 rings (SSSR count). The highest BCUT2D eigenvalue weighted by atomic mass is 16.5. The van der Waals surface area contributed by atoms with E-state index < -0.39 is 18.1 Å². The van der Waals surface area contributed by atoms with Gasteiger partial charge in [0, 0.05) is 12.5 Å². The molecule has 174 valence electrons. The van der Waals surface area contributed by atoms with Crippen LogP contribution in [0.25, 0.3) is 11.1 Å². The van der Waals surface area contributed by atoms with Crippen molar-refractivity contribution in [2.75, 3.05) is 13.2 Å². The van der Waals surface area contributed by atoms with Crippen LogP contribution in [0.1, 0.15) is 49.7 Å². The molecule has 1 saturated carbocycles. The summed E-state index contributed by atoms with van der Waals surface area (Å²) in [6.07, 6.45) is 1.82. The molecule has 2 aliphatic rings. The summed E-state index contributed by atoms with van der Waals surface area (Å²) in [5.41, 5.74) is 4.56. The fraction of sp³-hybridized carbons (Fsp3) is 0.423. The van der Waals surface area contributed by atoms with Crippen LogP contribution in [0.15, 0.2) is 48.5 Å². The number of carboxylic acids is 1. The minimum atomic E-state index is -0.857. The highest BCUT2D eigenvalue weighted by Crippen LogP contribution is 2.44. The molecule has 0 aromatic heterocycles. The number of hydrogen-bond donors (Lipinski definition) is 3. The molecule has 2 aromatic rings. The van der Waals surface area contributed by atoms with Gasteiger partial charge in [0.05, 0.1) is 6.42 Å². The van der Waals surface area contributed by atoms with Crippen molar-refractivity contribution >= 4 is 18.0 Å². The molecule has 0 spiro atoms. The third-order valence-corrected chi connectivity index (χ3v) is 6.62. The van der Waals surface area contributed by atoms with Gasteiger partial charge in [0.1, 0.15) is 12.6 Å². The van der Waals surface area contributed by atoms with E-state index in [2.05, 4.69) is 34.9 Å². The summed E-state index contributed by atoms with van der Waals surface area (Å²) in [4.78, 5) is 36.2. The van der Waals surface area contributed by atoms with Gasteiger partial charge in [-0.05, 0) is 53.4 Å². The zero-order chi connectivity index (χ0) is 23.4. The van der Waals surface area contributed by atoms with Gasteiger partial charge in [-0.15, -0.1) is 0 Å². The van der Waals surface area contributed by atoms with E-state index in [4.69, 9.17) is 9.84 Å². The Kier molecular flexibility index (Phi) is 6.96. The number of carbonyl (C=O) groups excluding carboxylic acids is 2. The largest absolute Gasteiger partial charge is 0.481 e. The van der Waals surface area contributed by atoms with Crippen molar-refractivity contribution in [2.45, 2.75) is 44.6 Å². The van der Waals surface area contributed by atoms with Crippen molar-refractivity contribution in [3.8, 4) is 11.1 Å². The van der Waals surface area contributed by atoms with Crippen LogP contribution in [0.5, 0.6) is 0 Å². The first-order valence-corrected chi connectivity index (χ1v) is 11.6. The third-order valence-electron chi connectivity index (χ3n) is 6.62. The third kappa shape index (κ3) is 5.35. The summed E-state index contributed by atoms with van der Waals surface area (Å²) in [6.45, 7) is 2.29. The Bertz CT molecular complexity index is 987. The van der Waals surface area contributed by atoms with Crippen LogP contribution >= 0.6 is 0 Å². The topological polar surface area (TPSA) is 105 Å². The van der Waals surface area contributed by atoms with Crippen molar-refractivity contribution < 1.29 is 24.2 Å². The number of amides is 2. The first kappa shape index (κ1) is 22.8. The molecule has 0 bridgehead atoms. The van der Waals surface area contributed by atoms with Crippen LogP contribution in [0.3, 0.4) is 0 Å². The molecule has 2 atom stereocenters. The second-order valence-corrected chi connectivity index (χ2v) is 8.87. The lowest BCUT2D eigenvalue weighted by atomic mass is 9.98. The van der Waals surface area contributed by atoms with Gasteiger partial charge in [-0.25, -0.2) is 4.79 Å². The maximum absolute atomic E-state index is 12.6. The number of hydrogen-bond acceptors (Lipinski definition) is 4. The van der Waals surface area contributed by atoms with Crippen LogP contribution in [-0.4, -0.2) is 42.3 Å². The van der Waals surface area contributed by atoms with E-state index in [0.717, 1.165) is 35.1 Å². The number of ether oxygens (including phenoxy) is 1. The Hall–Kier alpha value is -3.35. The monoisotopic (exact) mass is 450 g/mol. The highest BCUT2D eigenvalue weighted by molar-refractivity contribution is 5.85.